The third-order valence-electron chi connectivity index (χ3n) is 3.06. The molecule has 0 saturated carbocycles. The van der Waals surface area contributed by atoms with Crippen LogP contribution in [0, 0.1) is 6.92 Å². The first kappa shape index (κ1) is 13.9. The van der Waals surface area contributed by atoms with Gasteiger partial charge in [0.25, 0.3) is 5.91 Å². The molecule has 1 aliphatic rings. The minimum Gasteiger partial charge on any atom is -0.421 e. The fraction of sp³-hybridized carbons (Fsp3) is 0.214. The molecule has 8 heteroatoms. The topological polar surface area (TPSA) is 109 Å². The number of hydrogen-bond acceptors (Lipinski definition) is 6. The zero-order valence-electron chi connectivity index (χ0n) is 11.8. The van der Waals surface area contributed by atoms with Crippen molar-refractivity contribution in [3.05, 3.63) is 30.2 Å². The van der Waals surface area contributed by atoms with E-state index in [2.05, 4.69) is 26.0 Å². The Morgan fingerprint density at radius 1 is 1.32 bits per heavy atom. The first-order chi connectivity index (χ1) is 10.6. The van der Waals surface area contributed by atoms with Crippen molar-refractivity contribution in [3.63, 3.8) is 0 Å². The summed E-state index contributed by atoms with van der Waals surface area (Å²) in [4.78, 5) is 23.1. The fourth-order valence-electron chi connectivity index (χ4n) is 1.98. The quantitative estimate of drug-likeness (QED) is 0.886. The first-order valence-corrected chi connectivity index (χ1v) is 6.69. The maximum absolute atomic E-state index is 12.1. The molecule has 1 aliphatic heterocycles. The zero-order valence-corrected chi connectivity index (χ0v) is 11.8. The second-order valence-corrected chi connectivity index (χ2v) is 4.75. The molecule has 0 unspecified atom stereocenters. The number of nitrogens with one attached hydrogen (secondary N) is 2. The molecule has 2 aromatic rings. The second kappa shape index (κ2) is 5.76. The Bertz CT molecular complexity index is 765. The summed E-state index contributed by atoms with van der Waals surface area (Å²) in [7, 11) is 0. The number of amides is 2. The summed E-state index contributed by atoms with van der Waals surface area (Å²) >= 11 is 0. The van der Waals surface area contributed by atoms with Gasteiger partial charge in [-0.3, -0.25) is 9.59 Å². The largest absolute Gasteiger partial charge is 0.421 e. The molecule has 1 aromatic heterocycles. The van der Waals surface area contributed by atoms with E-state index in [-0.39, 0.29) is 18.2 Å². The third-order valence-corrected chi connectivity index (χ3v) is 3.06. The van der Waals surface area contributed by atoms with Gasteiger partial charge in [-0.1, -0.05) is 6.07 Å². The smallest absolute Gasteiger partial charge is 0.271 e. The maximum atomic E-state index is 12.1. The van der Waals surface area contributed by atoms with Crippen LogP contribution in [0.5, 0.6) is 0 Å². The van der Waals surface area contributed by atoms with E-state index in [1.165, 1.54) is 0 Å². The van der Waals surface area contributed by atoms with Crippen LogP contribution in [0.25, 0.3) is 11.5 Å². The zero-order chi connectivity index (χ0) is 15.5. The molecule has 112 valence electrons. The number of nitrogens with zero attached hydrogens (tertiary/aromatic N) is 3. The van der Waals surface area contributed by atoms with E-state index in [1.54, 1.807) is 31.2 Å². The molecule has 0 fully saturated rings. The highest BCUT2D eigenvalue weighted by atomic mass is 16.4. The molecule has 0 radical (unpaired) electrons. The molecule has 8 nitrogen and oxygen atoms in total. The fourth-order valence-corrected chi connectivity index (χ4v) is 1.98. The lowest BCUT2D eigenvalue weighted by Crippen LogP contribution is -2.32. The van der Waals surface area contributed by atoms with Crippen LogP contribution >= 0.6 is 0 Å². The van der Waals surface area contributed by atoms with Gasteiger partial charge in [-0.15, -0.1) is 10.2 Å². The summed E-state index contributed by atoms with van der Waals surface area (Å²) in [5.41, 5.74) is 3.87. The molecule has 2 amide bonds. The summed E-state index contributed by atoms with van der Waals surface area (Å²) < 4.78 is 5.35. The lowest BCUT2D eigenvalue weighted by atomic mass is 10.1. The Hall–Kier alpha value is -3.03. The molecular formula is C14H13N5O3. The van der Waals surface area contributed by atoms with Gasteiger partial charge in [0.1, 0.15) is 5.71 Å². The highest BCUT2D eigenvalue weighted by Crippen LogP contribution is 2.21. The Labute approximate surface area is 125 Å². The highest BCUT2D eigenvalue weighted by molar-refractivity contribution is 6.43. The van der Waals surface area contributed by atoms with Crippen LogP contribution in [0.15, 0.2) is 33.8 Å². The Morgan fingerprint density at radius 3 is 2.86 bits per heavy atom. The summed E-state index contributed by atoms with van der Waals surface area (Å²) in [5.74, 6) is 0.316. The van der Waals surface area contributed by atoms with Crippen LogP contribution in [-0.4, -0.2) is 27.7 Å². The third kappa shape index (κ3) is 3.00. The van der Waals surface area contributed by atoms with Crippen molar-refractivity contribution in [3.8, 4) is 11.5 Å². The number of anilines is 1. The summed E-state index contributed by atoms with van der Waals surface area (Å²) in [6.45, 7) is 1.71. The Kier molecular flexibility index (Phi) is 3.65. The molecule has 2 N–H and O–H groups in total. The number of carbonyl (C=O) groups excluding carboxylic acids is 2. The van der Waals surface area contributed by atoms with E-state index in [0.29, 0.717) is 35.2 Å². The molecule has 0 atom stereocenters. The van der Waals surface area contributed by atoms with Crippen LogP contribution in [0.4, 0.5) is 5.69 Å². The molecule has 22 heavy (non-hydrogen) atoms. The minimum absolute atomic E-state index is 0.190. The van der Waals surface area contributed by atoms with Gasteiger partial charge in [0.05, 0.1) is 0 Å². The van der Waals surface area contributed by atoms with Gasteiger partial charge in [0.2, 0.25) is 17.7 Å². The number of hydrogen-bond donors (Lipinski definition) is 2. The van der Waals surface area contributed by atoms with Crippen molar-refractivity contribution in [2.75, 3.05) is 5.32 Å². The molecule has 0 spiro atoms. The lowest BCUT2D eigenvalue weighted by Gasteiger charge is -2.12. The minimum atomic E-state index is -0.348. The van der Waals surface area contributed by atoms with Gasteiger partial charge in [-0.2, -0.15) is 5.10 Å². The number of aromatic nitrogens is 2. The molecule has 2 heterocycles. The predicted octanol–water partition coefficient (Wildman–Crippen LogP) is 1.25. The molecule has 0 bridgehead atoms. The number of hydrazone groups is 1. The van der Waals surface area contributed by atoms with Crippen molar-refractivity contribution < 1.29 is 14.0 Å². The summed E-state index contributed by atoms with van der Waals surface area (Å²) in [6.07, 6.45) is 0.577. The van der Waals surface area contributed by atoms with Crippen LogP contribution in [0.3, 0.4) is 0 Å². The van der Waals surface area contributed by atoms with Gasteiger partial charge in [-0.25, -0.2) is 5.43 Å². The number of aryl methyl sites for hydroxylation is 1. The number of carbonyl (C=O) groups is 2. The normalized spacial score (nSPS) is 14.2. The second-order valence-electron chi connectivity index (χ2n) is 4.75. The van der Waals surface area contributed by atoms with Crippen molar-refractivity contribution in [2.24, 2.45) is 5.10 Å². The molecule has 1 aromatic carbocycles. The Balaban J connectivity index is 1.76. The molecule has 0 aliphatic carbocycles. The Morgan fingerprint density at radius 2 is 2.18 bits per heavy atom. The summed E-state index contributed by atoms with van der Waals surface area (Å²) in [5, 5.41) is 14.2. The molecule has 3 rings (SSSR count). The van der Waals surface area contributed by atoms with Crippen LogP contribution in [-0.2, 0) is 9.59 Å². The van der Waals surface area contributed by atoms with Gasteiger partial charge >= 0.3 is 0 Å². The van der Waals surface area contributed by atoms with Gasteiger partial charge in [0.15, 0.2) is 0 Å². The highest BCUT2D eigenvalue weighted by Gasteiger charge is 2.18. The average molecular weight is 299 g/mol. The van der Waals surface area contributed by atoms with E-state index < -0.39 is 0 Å². The number of rotatable bonds is 3. The summed E-state index contributed by atoms with van der Waals surface area (Å²) in [6, 6.07) is 7.05. The van der Waals surface area contributed by atoms with E-state index in [4.69, 9.17) is 4.42 Å². The van der Waals surface area contributed by atoms with Crippen molar-refractivity contribution in [2.45, 2.75) is 19.8 Å². The monoisotopic (exact) mass is 299 g/mol. The van der Waals surface area contributed by atoms with E-state index in [0.717, 1.165) is 0 Å². The molecular weight excluding hydrogens is 286 g/mol. The first-order valence-electron chi connectivity index (χ1n) is 6.69. The SMILES string of the molecule is Cc1nnc(-c2cccc(NC(=O)C3=NNC(=O)CC3)c2)o1. The standard InChI is InChI=1S/C14H13N5O3/c1-8-16-19-14(22-8)9-3-2-4-10(7-9)15-13(21)11-5-6-12(20)18-17-11/h2-4,7H,5-6H2,1H3,(H,15,21)(H,18,20). The molecule has 0 saturated heterocycles. The van der Waals surface area contributed by atoms with Crippen LogP contribution < -0.4 is 10.7 Å². The number of benzene rings is 1. The maximum Gasteiger partial charge on any atom is 0.271 e. The van der Waals surface area contributed by atoms with Crippen LogP contribution in [0.1, 0.15) is 18.7 Å². The van der Waals surface area contributed by atoms with Crippen molar-refractivity contribution >= 4 is 23.2 Å². The lowest BCUT2D eigenvalue weighted by molar-refractivity contribution is -0.121. The average Bonchev–Trinajstić information content (AvgIpc) is 2.95. The van der Waals surface area contributed by atoms with Crippen molar-refractivity contribution in [1.82, 2.24) is 15.6 Å². The van der Waals surface area contributed by atoms with E-state index >= 15 is 0 Å². The van der Waals surface area contributed by atoms with Crippen molar-refractivity contribution in [1.29, 1.82) is 0 Å². The van der Waals surface area contributed by atoms with E-state index in [1.807, 2.05) is 0 Å². The van der Waals surface area contributed by atoms with Crippen LogP contribution in [0.2, 0.25) is 0 Å². The van der Waals surface area contributed by atoms with E-state index in [9.17, 15) is 9.59 Å². The predicted molar refractivity (Wildman–Crippen MR) is 77.9 cm³/mol. The van der Waals surface area contributed by atoms with Gasteiger partial charge < -0.3 is 9.73 Å². The van der Waals surface area contributed by atoms with Gasteiger partial charge in [-0.05, 0) is 18.2 Å². The van der Waals surface area contributed by atoms with Gasteiger partial charge in [0, 0.05) is 31.0 Å².